The van der Waals surface area contributed by atoms with E-state index in [9.17, 15) is 0 Å². The van der Waals surface area contributed by atoms with Crippen LogP contribution in [0, 0.1) is 0 Å². The topological polar surface area (TPSA) is 61.3 Å². The van der Waals surface area contributed by atoms with Crippen LogP contribution in [0.2, 0.25) is 0 Å². The minimum Gasteiger partial charge on any atom is -0.406 e. The Labute approximate surface area is 44.2 Å². The molecule has 0 fully saturated rings. The Morgan fingerprint density at radius 1 is 1.43 bits per heavy atom. The average molecular weight is 102 g/mol. The second-order valence-electron chi connectivity index (χ2n) is 1.65. The van der Waals surface area contributed by atoms with Gasteiger partial charge in [0, 0.05) is 6.10 Å². The monoisotopic (exact) mass is 102 g/mol. The largest absolute Gasteiger partial charge is 0.467 e. The summed E-state index contributed by atoms with van der Waals surface area (Å²) >= 11 is 0. The van der Waals surface area contributed by atoms with Gasteiger partial charge in [0.2, 0.25) is 0 Å². The van der Waals surface area contributed by atoms with E-state index in [1.807, 2.05) is 13.8 Å². The molecule has 0 spiro atoms. The van der Waals surface area contributed by atoms with Gasteiger partial charge in [0.25, 0.3) is 0 Å². The lowest BCUT2D eigenvalue weighted by molar-refractivity contribution is 0.242. The second-order valence-corrected chi connectivity index (χ2v) is 1.65. The summed E-state index contributed by atoms with van der Waals surface area (Å²) in [7, 11) is -0.625. The highest BCUT2D eigenvalue weighted by molar-refractivity contribution is 6.43. The predicted octanol–water partition coefficient (Wildman–Crippen LogP) is -0.686. The molecule has 0 bridgehead atoms. The fourth-order valence-corrected chi connectivity index (χ4v) is 0.314. The summed E-state index contributed by atoms with van der Waals surface area (Å²) in [6, 6.07) is 0. The first-order chi connectivity index (χ1) is 3.13. The van der Waals surface area contributed by atoms with E-state index in [1.54, 1.807) is 0 Å². The zero-order chi connectivity index (χ0) is 5.86. The highest BCUT2D eigenvalue weighted by Crippen LogP contribution is 1.82. The van der Waals surface area contributed by atoms with Crippen molar-refractivity contribution in [1.29, 1.82) is 0 Å². The Bertz CT molecular complexity index is 42.2. The van der Waals surface area contributed by atoms with E-state index in [0.717, 1.165) is 0 Å². The van der Waals surface area contributed by atoms with Crippen molar-refractivity contribution in [2.24, 2.45) is 11.3 Å². The van der Waals surface area contributed by atoms with E-state index in [-0.39, 0.29) is 6.10 Å². The Balaban J connectivity index is 2.95. The van der Waals surface area contributed by atoms with Crippen LogP contribution in [0.1, 0.15) is 13.8 Å². The zero-order valence-corrected chi connectivity index (χ0v) is 4.72. The third-order valence-electron chi connectivity index (χ3n) is 0.429. The lowest BCUT2D eigenvalue weighted by Crippen LogP contribution is -2.42. The molecule has 0 atom stereocenters. The molecule has 7 heavy (non-hydrogen) atoms. The first-order valence-corrected chi connectivity index (χ1v) is 2.29. The summed E-state index contributed by atoms with van der Waals surface area (Å²) in [5.41, 5.74) is 10.1. The molecule has 0 radical (unpaired) electrons. The van der Waals surface area contributed by atoms with Gasteiger partial charge in [-0.3, -0.25) is 0 Å². The maximum absolute atomic E-state index is 5.05. The van der Waals surface area contributed by atoms with Crippen molar-refractivity contribution >= 4 is 7.19 Å². The van der Waals surface area contributed by atoms with Gasteiger partial charge in [-0.25, -0.2) is 0 Å². The molecule has 3 nitrogen and oxygen atoms in total. The van der Waals surface area contributed by atoms with Gasteiger partial charge >= 0.3 is 7.19 Å². The lowest BCUT2D eigenvalue weighted by atomic mass is 10.1. The molecule has 0 aliphatic carbocycles. The zero-order valence-electron chi connectivity index (χ0n) is 4.72. The fourth-order valence-electron chi connectivity index (χ4n) is 0.314. The van der Waals surface area contributed by atoms with Crippen molar-refractivity contribution in [3.05, 3.63) is 0 Å². The fraction of sp³-hybridized carbons (Fsp3) is 1.00. The maximum Gasteiger partial charge on any atom is 0.467 e. The first-order valence-electron chi connectivity index (χ1n) is 2.29. The number of nitrogens with two attached hydrogens (primary N) is 2. The SMILES string of the molecule is CC(C)OB(N)N. The summed E-state index contributed by atoms with van der Waals surface area (Å²) in [5.74, 6) is 0. The van der Waals surface area contributed by atoms with Crippen molar-refractivity contribution in [3.8, 4) is 0 Å². The number of hydrogen-bond acceptors (Lipinski definition) is 3. The highest BCUT2D eigenvalue weighted by Gasteiger charge is 2.02. The molecular formula is C3H11BN2O. The molecule has 0 unspecified atom stereocenters. The highest BCUT2D eigenvalue weighted by atomic mass is 16.5. The van der Waals surface area contributed by atoms with Crippen molar-refractivity contribution in [3.63, 3.8) is 0 Å². The second kappa shape index (κ2) is 3.01. The summed E-state index contributed by atoms with van der Waals surface area (Å²) in [6.45, 7) is 3.76. The molecule has 42 valence electrons. The average Bonchev–Trinajstić information content (AvgIpc) is 1.27. The molecular weight excluding hydrogens is 90.9 g/mol. The third-order valence-corrected chi connectivity index (χ3v) is 0.429. The molecule has 0 aromatic heterocycles. The number of hydrogen-bond donors (Lipinski definition) is 2. The van der Waals surface area contributed by atoms with Crippen molar-refractivity contribution in [2.45, 2.75) is 20.0 Å². The summed E-state index contributed by atoms with van der Waals surface area (Å²) in [5, 5.41) is 0. The molecule has 0 aromatic carbocycles. The minimum atomic E-state index is -0.625. The van der Waals surface area contributed by atoms with Crippen LogP contribution in [0.4, 0.5) is 0 Å². The molecule has 0 saturated carbocycles. The molecule has 0 rings (SSSR count). The molecule has 0 aliphatic rings. The standard InChI is InChI=1S/C3H11BN2O/c1-3(2)7-4(5)6/h3H,5-6H2,1-2H3. The molecule has 0 heterocycles. The van der Waals surface area contributed by atoms with Gasteiger partial charge in [-0.15, -0.1) is 0 Å². The van der Waals surface area contributed by atoms with Crippen LogP contribution < -0.4 is 11.3 Å². The summed E-state index contributed by atoms with van der Waals surface area (Å²) in [4.78, 5) is 0. The van der Waals surface area contributed by atoms with Crippen LogP contribution >= 0.6 is 0 Å². The van der Waals surface area contributed by atoms with E-state index in [1.165, 1.54) is 0 Å². The van der Waals surface area contributed by atoms with Crippen LogP contribution in [-0.2, 0) is 4.65 Å². The van der Waals surface area contributed by atoms with Crippen molar-refractivity contribution in [1.82, 2.24) is 0 Å². The molecule has 4 N–H and O–H groups in total. The maximum atomic E-state index is 5.05. The predicted molar refractivity (Wildman–Crippen MR) is 30.3 cm³/mol. The van der Waals surface area contributed by atoms with Gasteiger partial charge in [0.15, 0.2) is 0 Å². The molecule has 0 amide bonds. The quantitative estimate of drug-likeness (QED) is 0.453. The van der Waals surface area contributed by atoms with Crippen LogP contribution in [0.25, 0.3) is 0 Å². The third kappa shape index (κ3) is 5.94. The normalized spacial score (nSPS) is 9.86. The molecule has 0 aromatic rings. The first kappa shape index (κ1) is 6.94. The van der Waals surface area contributed by atoms with Gasteiger partial charge < -0.3 is 15.9 Å². The Morgan fingerprint density at radius 2 is 1.86 bits per heavy atom. The summed E-state index contributed by atoms with van der Waals surface area (Å²) < 4.78 is 4.81. The van der Waals surface area contributed by atoms with Crippen LogP contribution in [0.15, 0.2) is 0 Å². The van der Waals surface area contributed by atoms with Gasteiger partial charge in [-0.05, 0) is 13.8 Å². The lowest BCUT2D eigenvalue weighted by Gasteiger charge is -2.05. The van der Waals surface area contributed by atoms with Crippen LogP contribution in [0.3, 0.4) is 0 Å². The van der Waals surface area contributed by atoms with Gasteiger partial charge in [-0.1, -0.05) is 0 Å². The molecule has 4 heteroatoms. The van der Waals surface area contributed by atoms with Gasteiger partial charge in [-0.2, -0.15) is 0 Å². The van der Waals surface area contributed by atoms with E-state index in [4.69, 9.17) is 15.9 Å². The number of rotatable bonds is 2. The van der Waals surface area contributed by atoms with Crippen molar-refractivity contribution < 1.29 is 4.65 Å². The van der Waals surface area contributed by atoms with Gasteiger partial charge in [0.05, 0.1) is 0 Å². The Morgan fingerprint density at radius 3 is 1.86 bits per heavy atom. The van der Waals surface area contributed by atoms with Crippen molar-refractivity contribution in [2.75, 3.05) is 0 Å². The van der Waals surface area contributed by atoms with E-state index in [0.29, 0.717) is 0 Å². The van der Waals surface area contributed by atoms with E-state index in [2.05, 4.69) is 0 Å². The smallest absolute Gasteiger partial charge is 0.406 e. The van der Waals surface area contributed by atoms with E-state index >= 15 is 0 Å². The minimum absolute atomic E-state index is 0.125. The molecule has 0 aliphatic heterocycles. The van der Waals surface area contributed by atoms with E-state index < -0.39 is 7.19 Å². The Kier molecular flexibility index (Phi) is 2.99. The van der Waals surface area contributed by atoms with Crippen LogP contribution in [-0.4, -0.2) is 13.3 Å². The van der Waals surface area contributed by atoms with Gasteiger partial charge in [0.1, 0.15) is 0 Å². The Hall–Kier alpha value is -0.0551. The summed E-state index contributed by atoms with van der Waals surface area (Å²) in [6.07, 6.45) is 0.125. The molecule has 0 saturated heterocycles. The van der Waals surface area contributed by atoms with Crippen LogP contribution in [0.5, 0.6) is 0 Å².